The van der Waals surface area contributed by atoms with Crippen molar-refractivity contribution in [1.82, 2.24) is 5.32 Å². The minimum Gasteiger partial charge on any atom is -0.385 e. The highest BCUT2D eigenvalue weighted by molar-refractivity contribution is 5.65. The molecule has 0 radical (unpaired) electrons. The van der Waals surface area contributed by atoms with E-state index in [2.05, 4.69) is 62.2 Å². The SMILES string of the molecule is C=C(NC/C=C(\CC)c1ccccc1)C(C)CCCN. The molecule has 1 atom stereocenters. The highest BCUT2D eigenvalue weighted by atomic mass is 14.9. The fourth-order valence-electron chi connectivity index (χ4n) is 2.20. The maximum absolute atomic E-state index is 5.54. The van der Waals surface area contributed by atoms with Crippen molar-refractivity contribution < 1.29 is 0 Å². The first-order valence-corrected chi connectivity index (χ1v) is 7.56. The smallest absolute Gasteiger partial charge is 0.0333 e. The van der Waals surface area contributed by atoms with Crippen molar-refractivity contribution in [2.24, 2.45) is 11.7 Å². The Bertz CT molecular complexity index is 420. The second-order valence-corrected chi connectivity index (χ2v) is 5.19. The van der Waals surface area contributed by atoms with Gasteiger partial charge in [0.1, 0.15) is 0 Å². The molecule has 1 aromatic rings. The third-order valence-corrected chi connectivity index (χ3v) is 3.64. The molecule has 1 rings (SSSR count). The van der Waals surface area contributed by atoms with E-state index < -0.39 is 0 Å². The quantitative estimate of drug-likeness (QED) is 0.714. The number of allylic oxidation sites excluding steroid dienone is 2. The van der Waals surface area contributed by atoms with Crippen LogP contribution in [0.15, 0.2) is 48.7 Å². The van der Waals surface area contributed by atoms with Gasteiger partial charge >= 0.3 is 0 Å². The Kier molecular flexibility index (Phi) is 7.74. The Hall–Kier alpha value is -1.54. The monoisotopic (exact) mass is 272 g/mol. The van der Waals surface area contributed by atoms with Crippen LogP contribution < -0.4 is 11.1 Å². The lowest BCUT2D eigenvalue weighted by Gasteiger charge is -2.16. The van der Waals surface area contributed by atoms with Crippen LogP contribution >= 0.6 is 0 Å². The van der Waals surface area contributed by atoms with Gasteiger partial charge in [-0.05, 0) is 42.9 Å². The number of hydrogen-bond donors (Lipinski definition) is 2. The fraction of sp³-hybridized carbons (Fsp3) is 0.444. The van der Waals surface area contributed by atoms with Crippen molar-refractivity contribution >= 4 is 5.57 Å². The third kappa shape index (κ3) is 5.62. The summed E-state index contributed by atoms with van der Waals surface area (Å²) in [6, 6.07) is 10.5. The van der Waals surface area contributed by atoms with Gasteiger partial charge in [-0.15, -0.1) is 0 Å². The van der Waals surface area contributed by atoms with Crippen LogP contribution in [0, 0.1) is 5.92 Å². The summed E-state index contributed by atoms with van der Waals surface area (Å²) in [6.45, 7) is 10.1. The Morgan fingerprint density at radius 2 is 2.05 bits per heavy atom. The minimum absolute atomic E-state index is 0.480. The van der Waals surface area contributed by atoms with Gasteiger partial charge in [0.25, 0.3) is 0 Å². The molecular weight excluding hydrogens is 244 g/mol. The van der Waals surface area contributed by atoms with Gasteiger partial charge in [0.15, 0.2) is 0 Å². The lowest BCUT2D eigenvalue weighted by atomic mass is 10.0. The van der Waals surface area contributed by atoms with Crippen LogP contribution in [0.25, 0.3) is 5.57 Å². The van der Waals surface area contributed by atoms with Crippen LogP contribution in [0.3, 0.4) is 0 Å². The largest absolute Gasteiger partial charge is 0.385 e. The van der Waals surface area contributed by atoms with Crippen molar-refractivity contribution in [1.29, 1.82) is 0 Å². The van der Waals surface area contributed by atoms with Crippen molar-refractivity contribution in [3.05, 3.63) is 54.2 Å². The molecule has 20 heavy (non-hydrogen) atoms. The maximum atomic E-state index is 5.54. The van der Waals surface area contributed by atoms with Gasteiger partial charge in [-0.3, -0.25) is 0 Å². The normalized spacial score (nSPS) is 13.1. The predicted molar refractivity (Wildman–Crippen MR) is 89.3 cm³/mol. The van der Waals surface area contributed by atoms with Crippen molar-refractivity contribution in [2.45, 2.75) is 33.1 Å². The summed E-state index contributed by atoms with van der Waals surface area (Å²) >= 11 is 0. The molecule has 1 unspecified atom stereocenters. The summed E-state index contributed by atoms with van der Waals surface area (Å²) in [7, 11) is 0. The van der Waals surface area contributed by atoms with Gasteiger partial charge in [-0.25, -0.2) is 0 Å². The lowest BCUT2D eigenvalue weighted by Crippen LogP contribution is -2.18. The predicted octanol–water partition coefficient (Wildman–Crippen LogP) is 3.96. The number of nitrogens with two attached hydrogens (primary N) is 1. The number of benzene rings is 1. The average molecular weight is 272 g/mol. The summed E-state index contributed by atoms with van der Waals surface area (Å²) in [5.41, 5.74) is 9.33. The molecule has 110 valence electrons. The molecule has 0 saturated carbocycles. The van der Waals surface area contributed by atoms with E-state index in [1.54, 1.807) is 0 Å². The molecule has 1 aromatic carbocycles. The molecule has 0 bridgehead atoms. The number of hydrogen-bond acceptors (Lipinski definition) is 2. The van der Waals surface area contributed by atoms with Crippen molar-refractivity contribution in [2.75, 3.05) is 13.1 Å². The molecule has 0 heterocycles. The second-order valence-electron chi connectivity index (χ2n) is 5.19. The molecule has 0 saturated heterocycles. The van der Waals surface area contributed by atoms with Gasteiger partial charge in [-0.1, -0.05) is 56.8 Å². The molecule has 2 heteroatoms. The van der Waals surface area contributed by atoms with E-state index in [1.165, 1.54) is 11.1 Å². The van der Waals surface area contributed by atoms with Crippen LogP contribution in [-0.2, 0) is 0 Å². The zero-order chi connectivity index (χ0) is 14.8. The summed E-state index contributed by atoms with van der Waals surface area (Å²) in [4.78, 5) is 0. The second kappa shape index (κ2) is 9.38. The molecule has 0 amide bonds. The Labute approximate surface area is 123 Å². The van der Waals surface area contributed by atoms with Crippen molar-refractivity contribution in [3.8, 4) is 0 Å². The number of nitrogens with one attached hydrogen (secondary N) is 1. The molecule has 2 nitrogen and oxygen atoms in total. The van der Waals surface area contributed by atoms with Crippen LogP contribution in [0.2, 0.25) is 0 Å². The van der Waals surface area contributed by atoms with Crippen LogP contribution in [0.4, 0.5) is 0 Å². The topological polar surface area (TPSA) is 38.0 Å². The van der Waals surface area contributed by atoms with E-state index in [-0.39, 0.29) is 0 Å². The molecule has 0 spiro atoms. The lowest BCUT2D eigenvalue weighted by molar-refractivity contribution is 0.553. The summed E-state index contributed by atoms with van der Waals surface area (Å²) in [5, 5.41) is 3.41. The molecular formula is C18H28N2. The molecule has 0 aliphatic rings. The molecule has 3 N–H and O–H groups in total. The van der Waals surface area contributed by atoms with E-state index in [4.69, 9.17) is 5.73 Å². The molecule has 0 aromatic heterocycles. The molecule has 0 aliphatic heterocycles. The first kappa shape index (κ1) is 16.5. The Morgan fingerprint density at radius 1 is 1.35 bits per heavy atom. The summed E-state index contributed by atoms with van der Waals surface area (Å²) < 4.78 is 0. The Morgan fingerprint density at radius 3 is 2.65 bits per heavy atom. The standard InChI is InChI=1S/C18H28N2/c1-4-17(18-10-6-5-7-11-18)12-14-20-16(3)15(2)9-8-13-19/h5-7,10-12,15,20H,3-4,8-9,13-14,19H2,1-2H3/b17-12+. The molecule has 0 aliphatic carbocycles. The zero-order valence-electron chi connectivity index (χ0n) is 12.9. The van der Waals surface area contributed by atoms with Crippen LogP contribution in [0.1, 0.15) is 38.7 Å². The first-order valence-electron chi connectivity index (χ1n) is 7.56. The Balaban J connectivity index is 2.48. The highest BCUT2D eigenvalue weighted by Crippen LogP contribution is 2.17. The average Bonchev–Trinajstić information content (AvgIpc) is 2.49. The number of rotatable bonds is 9. The minimum atomic E-state index is 0.480. The first-order chi connectivity index (χ1) is 9.69. The maximum Gasteiger partial charge on any atom is 0.0333 e. The zero-order valence-corrected chi connectivity index (χ0v) is 12.9. The van der Waals surface area contributed by atoms with Gasteiger partial charge < -0.3 is 11.1 Å². The summed E-state index contributed by atoms with van der Waals surface area (Å²) in [5.74, 6) is 0.480. The van der Waals surface area contributed by atoms with Crippen molar-refractivity contribution in [3.63, 3.8) is 0 Å². The summed E-state index contributed by atoms with van der Waals surface area (Å²) in [6.07, 6.45) is 5.46. The fourth-order valence-corrected chi connectivity index (χ4v) is 2.20. The van der Waals surface area contributed by atoms with Crippen LogP contribution in [-0.4, -0.2) is 13.1 Å². The van der Waals surface area contributed by atoms with Crippen LogP contribution in [0.5, 0.6) is 0 Å². The van der Waals surface area contributed by atoms with Gasteiger partial charge in [-0.2, -0.15) is 0 Å². The van der Waals surface area contributed by atoms with Gasteiger partial charge in [0.2, 0.25) is 0 Å². The van der Waals surface area contributed by atoms with E-state index in [0.717, 1.165) is 38.0 Å². The third-order valence-electron chi connectivity index (χ3n) is 3.64. The van der Waals surface area contributed by atoms with E-state index >= 15 is 0 Å². The van der Waals surface area contributed by atoms with Gasteiger partial charge in [0.05, 0.1) is 0 Å². The van der Waals surface area contributed by atoms with E-state index in [0.29, 0.717) is 5.92 Å². The van der Waals surface area contributed by atoms with Gasteiger partial charge in [0, 0.05) is 12.2 Å². The van der Waals surface area contributed by atoms with E-state index in [9.17, 15) is 0 Å². The highest BCUT2D eigenvalue weighted by Gasteiger charge is 2.05. The van der Waals surface area contributed by atoms with E-state index in [1.807, 2.05) is 0 Å². The molecule has 0 fully saturated rings.